The number of hydrogen-bond donors (Lipinski definition) is 1. The highest BCUT2D eigenvalue weighted by Crippen LogP contribution is 2.29. The topological polar surface area (TPSA) is 104 Å². The lowest BCUT2D eigenvalue weighted by molar-refractivity contribution is -0.0141. The number of carbonyl (C=O) groups is 1. The third-order valence-corrected chi connectivity index (χ3v) is 10.8. The molecule has 1 amide bonds. The Balaban J connectivity index is 0.000000193. The number of nitrogens with zero attached hydrogens (tertiary/aromatic N) is 3. The first-order valence-electron chi connectivity index (χ1n) is 22.2. The fourth-order valence-electron chi connectivity index (χ4n) is 7.12. The Kier molecular flexibility index (Phi) is 16.0. The molecule has 6 aromatic rings. The van der Waals surface area contributed by atoms with Gasteiger partial charge in [-0.1, -0.05) is 84.9 Å². The number of aryl methyl sites for hydroxylation is 2. The Morgan fingerprint density at radius 2 is 1.11 bits per heavy atom. The number of amides is 1. The van der Waals surface area contributed by atoms with Crippen molar-refractivity contribution in [3.63, 3.8) is 0 Å². The number of nitrogens with one attached hydrogen (secondary N) is 1. The summed E-state index contributed by atoms with van der Waals surface area (Å²) in [4.78, 5) is 22.7. The van der Waals surface area contributed by atoms with Crippen molar-refractivity contribution >= 4 is 6.09 Å². The summed E-state index contributed by atoms with van der Waals surface area (Å²) in [6.07, 6.45) is 12.9. The molecule has 0 bridgehead atoms. The van der Waals surface area contributed by atoms with Crippen LogP contribution in [0.15, 0.2) is 146 Å². The molecule has 10 heteroatoms. The monoisotopic (exact) mass is 848 g/mol. The van der Waals surface area contributed by atoms with Gasteiger partial charge < -0.3 is 33.9 Å². The van der Waals surface area contributed by atoms with Crippen molar-refractivity contribution in [2.24, 2.45) is 0 Å². The number of ether oxygens (including phenoxy) is 5. The van der Waals surface area contributed by atoms with Crippen molar-refractivity contribution in [3.8, 4) is 45.3 Å². The van der Waals surface area contributed by atoms with Crippen LogP contribution in [0.3, 0.4) is 0 Å². The van der Waals surface area contributed by atoms with Crippen molar-refractivity contribution < 1.29 is 28.5 Å². The van der Waals surface area contributed by atoms with Gasteiger partial charge in [-0.3, -0.25) is 9.97 Å². The van der Waals surface area contributed by atoms with Crippen LogP contribution in [0.1, 0.15) is 57.6 Å². The molecule has 0 saturated carbocycles. The second kappa shape index (κ2) is 22.6. The molecule has 4 heterocycles. The maximum Gasteiger partial charge on any atom is 0.410 e. The Bertz CT molecular complexity index is 2310. The van der Waals surface area contributed by atoms with Crippen molar-refractivity contribution in [1.29, 1.82) is 0 Å². The first-order chi connectivity index (χ1) is 30.7. The van der Waals surface area contributed by atoms with E-state index in [-0.39, 0.29) is 12.1 Å². The molecule has 4 aromatic carbocycles. The van der Waals surface area contributed by atoms with Crippen LogP contribution >= 0.6 is 0 Å². The summed E-state index contributed by atoms with van der Waals surface area (Å²) in [5.41, 5.74) is 6.26. The summed E-state index contributed by atoms with van der Waals surface area (Å²) in [6, 6.07) is 41.6. The van der Waals surface area contributed by atoms with Gasteiger partial charge in [0.1, 0.15) is 41.8 Å². The largest absolute Gasteiger partial charge is 0.494 e. The first-order valence-corrected chi connectivity index (χ1v) is 22.2. The third kappa shape index (κ3) is 14.3. The number of hydrogen-bond acceptors (Lipinski definition) is 9. The average Bonchev–Trinajstić information content (AvgIpc) is 3.26. The third-order valence-electron chi connectivity index (χ3n) is 10.8. The van der Waals surface area contributed by atoms with Crippen molar-refractivity contribution in [3.05, 3.63) is 157 Å². The lowest BCUT2D eigenvalue weighted by Gasteiger charge is -2.40. The first kappa shape index (κ1) is 44.7. The van der Waals surface area contributed by atoms with E-state index in [1.807, 2.05) is 93.8 Å². The van der Waals surface area contributed by atoms with E-state index in [0.717, 1.165) is 78.2 Å². The molecule has 1 N–H and O–H groups in total. The highest BCUT2D eigenvalue weighted by molar-refractivity contribution is 5.70. The molecular formula is C53H60N4O6. The average molecular weight is 849 g/mol. The highest BCUT2D eigenvalue weighted by Gasteiger charge is 2.35. The molecule has 63 heavy (non-hydrogen) atoms. The van der Waals surface area contributed by atoms with Crippen LogP contribution in [0.25, 0.3) is 22.3 Å². The summed E-state index contributed by atoms with van der Waals surface area (Å²) >= 11 is 0. The fraction of sp³-hybridized carbons (Fsp3) is 0.340. The van der Waals surface area contributed by atoms with Crippen LogP contribution in [0.4, 0.5) is 4.79 Å². The Hall–Kier alpha value is -6.39. The van der Waals surface area contributed by atoms with E-state index in [1.54, 1.807) is 17.3 Å². The second-order valence-corrected chi connectivity index (χ2v) is 16.9. The predicted octanol–water partition coefficient (Wildman–Crippen LogP) is 10.6. The molecule has 10 nitrogen and oxygen atoms in total. The smallest absolute Gasteiger partial charge is 0.410 e. The number of rotatable bonds is 18. The van der Waals surface area contributed by atoms with Gasteiger partial charge in [0.25, 0.3) is 0 Å². The molecule has 2 aliphatic rings. The quantitative estimate of drug-likeness (QED) is 0.0847. The number of carbonyl (C=O) groups excluding carboxylic acids is 1. The zero-order valence-corrected chi connectivity index (χ0v) is 36.8. The number of benzene rings is 4. The summed E-state index contributed by atoms with van der Waals surface area (Å²) in [5, 5.41) is 3.34. The Morgan fingerprint density at radius 3 is 1.57 bits per heavy atom. The van der Waals surface area contributed by atoms with Gasteiger partial charge in [0.05, 0.1) is 31.6 Å². The van der Waals surface area contributed by atoms with Gasteiger partial charge in [-0.05, 0) is 124 Å². The molecule has 328 valence electrons. The zero-order chi connectivity index (χ0) is 43.7. The molecule has 2 saturated heterocycles. The standard InChI is InChI=1S/C29H34N2O4.C24H26N2O2/c1-29(2,3)35-28(32)31-15-14-25(31)21-34-27-18-24(19-30-20-27)23-12-7-13-26(17-23)33-16-8-11-22-9-5-4-6-10-22;1-2-6-19(7-3-1)8-5-13-27-23-10-4-9-20(14-23)21-15-24(17-25-16-21)28-18-22-11-12-26-22/h4-7,9-10,12-13,17-20,25H,8,11,14-16,21H2,1-3H3;1-4,6-7,9-10,14-17,22,26H,5,8,11-13,18H2/t25-;22-/m00/s1. The van der Waals surface area contributed by atoms with Crippen molar-refractivity contribution in [2.75, 3.05) is 39.5 Å². The number of aromatic nitrogens is 2. The van der Waals surface area contributed by atoms with Crippen LogP contribution < -0.4 is 24.3 Å². The van der Waals surface area contributed by atoms with Crippen LogP contribution in [-0.4, -0.2) is 78.2 Å². The van der Waals surface area contributed by atoms with E-state index in [9.17, 15) is 4.79 Å². The van der Waals surface area contributed by atoms with Gasteiger partial charge >= 0.3 is 6.09 Å². The number of likely N-dealkylation sites (tertiary alicyclic amines) is 1. The SMILES string of the molecule is CC(C)(C)OC(=O)N1CC[C@H]1COc1cncc(-c2cccc(OCCCc3ccccc3)c2)c1.c1ccc(CCCOc2cccc(-c3cncc(OC[C@@H]4CCN4)c3)c2)cc1. The van der Waals surface area contributed by atoms with E-state index in [0.29, 0.717) is 44.8 Å². The van der Waals surface area contributed by atoms with E-state index >= 15 is 0 Å². The minimum absolute atomic E-state index is 0.0149. The number of pyridine rings is 2. The van der Waals surface area contributed by atoms with Crippen molar-refractivity contribution in [2.45, 2.75) is 77.0 Å². The Labute approximate surface area is 372 Å². The lowest BCUT2D eigenvalue weighted by Crippen LogP contribution is -2.55. The summed E-state index contributed by atoms with van der Waals surface area (Å²) in [7, 11) is 0. The molecule has 2 atom stereocenters. The highest BCUT2D eigenvalue weighted by atomic mass is 16.6. The minimum Gasteiger partial charge on any atom is -0.494 e. The maximum absolute atomic E-state index is 12.3. The molecule has 2 aromatic heterocycles. The summed E-state index contributed by atoms with van der Waals surface area (Å²) in [5.74, 6) is 3.20. The molecule has 2 fully saturated rings. The Morgan fingerprint density at radius 1 is 0.603 bits per heavy atom. The second-order valence-electron chi connectivity index (χ2n) is 16.9. The van der Waals surface area contributed by atoms with Gasteiger partial charge in [-0.25, -0.2) is 4.79 Å². The van der Waals surface area contributed by atoms with Gasteiger partial charge in [0, 0.05) is 36.1 Å². The van der Waals surface area contributed by atoms with E-state index in [2.05, 4.69) is 75.9 Å². The fourth-order valence-corrected chi connectivity index (χ4v) is 7.12. The molecule has 0 radical (unpaired) electrons. The van der Waals surface area contributed by atoms with Crippen LogP contribution in [0.2, 0.25) is 0 Å². The van der Waals surface area contributed by atoms with E-state index < -0.39 is 5.60 Å². The molecule has 0 aliphatic carbocycles. The predicted molar refractivity (Wildman–Crippen MR) is 249 cm³/mol. The summed E-state index contributed by atoms with van der Waals surface area (Å²) < 4.78 is 29.3. The van der Waals surface area contributed by atoms with Crippen LogP contribution in [-0.2, 0) is 17.6 Å². The van der Waals surface area contributed by atoms with Crippen LogP contribution in [0, 0.1) is 0 Å². The van der Waals surface area contributed by atoms with Crippen molar-refractivity contribution in [1.82, 2.24) is 20.2 Å². The van der Waals surface area contributed by atoms with Gasteiger partial charge in [0.2, 0.25) is 0 Å². The molecule has 0 spiro atoms. The molecule has 0 unspecified atom stereocenters. The maximum atomic E-state index is 12.3. The van der Waals surface area contributed by atoms with Crippen LogP contribution in [0.5, 0.6) is 23.0 Å². The van der Waals surface area contributed by atoms with Gasteiger partial charge in [-0.15, -0.1) is 0 Å². The summed E-state index contributed by atoms with van der Waals surface area (Å²) in [6.45, 7) is 9.87. The minimum atomic E-state index is -0.503. The molecule has 8 rings (SSSR count). The van der Waals surface area contributed by atoms with E-state index in [4.69, 9.17) is 23.7 Å². The normalized spacial score (nSPS) is 15.4. The van der Waals surface area contributed by atoms with E-state index in [1.165, 1.54) is 17.5 Å². The lowest BCUT2D eigenvalue weighted by atomic mass is 10.1. The molecule has 2 aliphatic heterocycles. The van der Waals surface area contributed by atoms with Gasteiger partial charge in [0.15, 0.2) is 0 Å². The molecular weight excluding hydrogens is 789 g/mol. The van der Waals surface area contributed by atoms with Gasteiger partial charge in [-0.2, -0.15) is 0 Å². The zero-order valence-electron chi connectivity index (χ0n) is 36.8.